The molecule has 26 heavy (non-hydrogen) atoms. The maximum absolute atomic E-state index is 10.8. The third-order valence-electron chi connectivity index (χ3n) is 4.68. The first kappa shape index (κ1) is 18.4. The van der Waals surface area contributed by atoms with Gasteiger partial charge in [-0.2, -0.15) is 5.26 Å². The van der Waals surface area contributed by atoms with Crippen molar-refractivity contribution in [2.45, 2.75) is 57.9 Å². The normalized spacial score (nSPS) is 19.5. The maximum atomic E-state index is 10.8. The van der Waals surface area contributed by atoms with Crippen LogP contribution in [-0.4, -0.2) is 16.7 Å². The second-order valence-corrected chi connectivity index (χ2v) is 7.88. The zero-order valence-corrected chi connectivity index (χ0v) is 15.6. The number of hydrogen-bond donors (Lipinski definition) is 2. The number of rotatable bonds is 4. The number of hydrogen-bond acceptors (Lipinski definition) is 4. The SMILES string of the molecule is CC(C)(C)N[C@H]1CCc2c(ccc(OCc3ccccc3)c2C#N)[C@@H]1O. The average molecular weight is 350 g/mol. The van der Waals surface area contributed by atoms with Gasteiger partial charge in [0.25, 0.3) is 0 Å². The molecule has 2 N–H and O–H groups in total. The van der Waals surface area contributed by atoms with E-state index in [1.165, 1.54) is 0 Å². The summed E-state index contributed by atoms with van der Waals surface area (Å²) in [7, 11) is 0. The fraction of sp³-hybridized carbons (Fsp3) is 0.409. The van der Waals surface area contributed by atoms with E-state index in [1.807, 2.05) is 42.5 Å². The second kappa shape index (κ2) is 7.49. The Kier molecular flexibility index (Phi) is 5.31. The average Bonchev–Trinajstić information content (AvgIpc) is 2.61. The van der Waals surface area contributed by atoms with Crippen LogP contribution in [0, 0.1) is 11.3 Å². The molecule has 136 valence electrons. The highest BCUT2D eigenvalue weighted by Crippen LogP contribution is 2.36. The molecular formula is C22H26N2O2. The minimum absolute atomic E-state index is 0.00914. The van der Waals surface area contributed by atoms with Crippen LogP contribution in [0.25, 0.3) is 0 Å². The highest BCUT2D eigenvalue weighted by molar-refractivity contribution is 5.54. The lowest BCUT2D eigenvalue weighted by molar-refractivity contribution is 0.0998. The van der Waals surface area contributed by atoms with Gasteiger partial charge in [-0.05, 0) is 56.4 Å². The summed E-state index contributed by atoms with van der Waals surface area (Å²) in [5, 5.41) is 24.0. The molecular weight excluding hydrogens is 324 g/mol. The van der Waals surface area contributed by atoms with E-state index in [-0.39, 0.29) is 11.6 Å². The first-order valence-electron chi connectivity index (χ1n) is 9.07. The summed E-state index contributed by atoms with van der Waals surface area (Å²) in [6, 6.07) is 15.9. The third-order valence-corrected chi connectivity index (χ3v) is 4.68. The van der Waals surface area contributed by atoms with Gasteiger partial charge in [-0.1, -0.05) is 36.4 Å². The molecule has 0 heterocycles. The van der Waals surface area contributed by atoms with Gasteiger partial charge in [-0.25, -0.2) is 0 Å². The monoisotopic (exact) mass is 350 g/mol. The molecule has 0 amide bonds. The summed E-state index contributed by atoms with van der Waals surface area (Å²) in [6.45, 7) is 6.70. The molecule has 0 bridgehead atoms. The standard InChI is InChI=1S/C22H26N2O2/c1-22(2,3)24-19-11-9-16-17(21(19)25)10-12-20(18(16)13-23)26-14-15-7-5-4-6-8-15/h4-8,10,12,19,21,24-25H,9,11,14H2,1-3H3/t19-,21-/m0/s1. The summed E-state index contributed by atoms with van der Waals surface area (Å²) in [5.74, 6) is 0.588. The van der Waals surface area contributed by atoms with Crippen molar-refractivity contribution in [3.05, 3.63) is 64.7 Å². The maximum Gasteiger partial charge on any atom is 0.137 e. The Hall–Kier alpha value is -2.35. The molecule has 0 fully saturated rings. The van der Waals surface area contributed by atoms with Crippen LogP contribution in [0.1, 0.15) is 55.5 Å². The molecule has 2 atom stereocenters. The number of nitrogens with zero attached hydrogens (tertiary/aromatic N) is 1. The van der Waals surface area contributed by atoms with E-state index < -0.39 is 6.10 Å². The summed E-state index contributed by atoms with van der Waals surface area (Å²) in [4.78, 5) is 0. The van der Waals surface area contributed by atoms with Crippen LogP contribution in [0.3, 0.4) is 0 Å². The fourth-order valence-electron chi connectivity index (χ4n) is 3.55. The van der Waals surface area contributed by atoms with E-state index in [4.69, 9.17) is 4.74 Å². The van der Waals surface area contributed by atoms with Gasteiger partial charge in [0.1, 0.15) is 18.4 Å². The van der Waals surface area contributed by atoms with Gasteiger partial charge in [0.15, 0.2) is 0 Å². The Morgan fingerprint density at radius 3 is 2.58 bits per heavy atom. The zero-order chi connectivity index (χ0) is 18.7. The lowest BCUT2D eigenvalue weighted by atomic mass is 9.82. The van der Waals surface area contributed by atoms with Gasteiger partial charge in [0.2, 0.25) is 0 Å². The van der Waals surface area contributed by atoms with Crippen LogP contribution in [-0.2, 0) is 13.0 Å². The number of fused-ring (bicyclic) bond motifs is 1. The van der Waals surface area contributed by atoms with E-state index in [0.29, 0.717) is 17.9 Å². The van der Waals surface area contributed by atoms with Gasteiger partial charge in [-0.15, -0.1) is 0 Å². The topological polar surface area (TPSA) is 65.3 Å². The largest absolute Gasteiger partial charge is 0.488 e. The van der Waals surface area contributed by atoms with E-state index in [1.54, 1.807) is 0 Å². The first-order chi connectivity index (χ1) is 12.4. The molecule has 4 heteroatoms. The van der Waals surface area contributed by atoms with Crippen LogP contribution >= 0.6 is 0 Å². The van der Waals surface area contributed by atoms with Crippen molar-refractivity contribution in [3.63, 3.8) is 0 Å². The van der Waals surface area contributed by atoms with E-state index in [0.717, 1.165) is 29.5 Å². The minimum atomic E-state index is -0.617. The van der Waals surface area contributed by atoms with E-state index in [2.05, 4.69) is 32.2 Å². The van der Waals surface area contributed by atoms with E-state index >= 15 is 0 Å². The molecule has 0 radical (unpaired) electrons. The van der Waals surface area contributed by atoms with Gasteiger partial charge < -0.3 is 15.2 Å². The van der Waals surface area contributed by atoms with Crippen LogP contribution in [0.2, 0.25) is 0 Å². The summed E-state index contributed by atoms with van der Waals surface area (Å²) >= 11 is 0. The number of aliphatic hydroxyl groups is 1. The lowest BCUT2D eigenvalue weighted by Crippen LogP contribution is -2.48. The molecule has 3 rings (SSSR count). The van der Waals surface area contributed by atoms with Crippen LogP contribution in [0.15, 0.2) is 42.5 Å². The van der Waals surface area contributed by atoms with Crippen molar-refractivity contribution in [3.8, 4) is 11.8 Å². The Balaban J connectivity index is 1.83. The number of nitriles is 1. The lowest BCUT2D eigenvalue weighted by Gasteiger charge is -2.36. The minimum Gasteiger partial charge on any atom is -0.488 e. The van der Waals surface area contributed by atoms with Crippen molar-refractivity contribution < 1.29 is 9.84 Å². The molecule has 2 aromatic rings. The van der Waals surface area contributed by atoms with Crippen LogP contribution < -0.4 is 10.1 Å². The van der Waals surface area contributed by atoms with Crippen LogP contribution in [0.5, 0.6) is 5.75 Å². The van der Waals surface area contributed by atoms with Crippen LogP contribution in [0.4, 0.5) is 0 Å². The Morgan fingerprint density at radius 2 is 1.92 bits per heavy atom. The number of nitrogens with one attached hydrogen (secondary N) is 1. The number of ether oxygens (including phenoxy) is 1. The number of aliphatic hydroxyl groups excluding tert-OH is 1. The van der Waals surface area contributed by atoms with Crippen molar-refractivity contribution in [1.29, 1.82) is 5.26 Å². The van der Waals surface area contributed by atoms with Gasteiger partial charge in [-0.3, -0.25) is 0 Å². The predicted octanol–water partition coefficient (Wildman–Crippen LogP) is 3.87. The fourth-order valence-corrected chi connectivity index (χ4v) is 3.55. The molecule has 0 saturated carbocycles. The molecule has 0 aliphatic heterocycles. The van der Waals surface area contributed by atoms with E-state index in [9.17, 15) is 10.4 Å². The van der Waals surface area contributed by atoms with Gasteiger partial charge >= 0.3 is 0 Å². The molecule has 0 spiro atoms. The summed E-state index contributed by atoms with van der Waals surface area (Å²) < 4.78 is 5.90. The zero-order valence-electron chi connectivity index (χ0n) is 15.6. The molecule has 0 aromatic heterocycles. The second-order valence-electron chi connectivity index (χ2n) is 7.88. The quantitative estimate of drug-likeness (QED) is 0.878. The molecule has 1 aliphatic rings. The molecule has 1 aliphatic carbocycles. The predicted molar refractivity (Wildman–Crippen MR) is 102 cm³/mol. The molecule has 2 aromatic carbocycles. The van der Waals surface area contributed by atoms with Crippen molar-refractivity contribution in [1.82, 2.24) is 5.32 Å². The highest BCUT2D eigenvalue weighted by Gasteiger charge is 2.32. The smallest absolute Gasteiger partial charge is 0.137 e. The number of benzene rings is 2. The Bertz CT molecular complexity index is 803. The molecule has 0 unspecified atom stereocenters. The summed E-state index contributed by atoms with van der Waals surface area (Å²) in [5.41, 5.74) is 3.29. The van der Waals surface area contributed by atoms with Crippen molar-refractivity contribution in [2.75, 3.05) is 0 Å². The third kappa shape index (κ3) is 4.07. The molecule has 0 saturated heterocycles. The highest BCUT2D eigenvalue weighted by atomic mass is 16.5. The first-order valence-corrected chi connectivity index (χ1v) is 9.07. The van der Waals surface area contributed by atoms with Gasteiger partial charge in [0, 0.05) is 11.6 Å². The Morgan fingerprint density at radius 1 is 1.19 bits per heavy atom. The van der Waals surface area contributed by atoms with Crippen molar-refractivity contribution in [2.24, 2.45) is 0 Å². The Labute approximate surface area is 155 Å². The van der Waals surface area contributed by atoms with Crippen molar-refractivity contribution >= 4 is 0 Å². The van der Waals surface area contributed by atoms with Gasteiger partial charge in [0.05, 0.1) is 11.7 Å². The molecule has 4 nitrogen and oxygen atoms in total. The summed E-state index contributed by atoms with van der Waals surface area (Å²) in [6.07, 6.45) is 0.932.